The Bertz CT molecular complexity index is 457. The van der Waals surface area contributed by atoms with E-state index >= 15 is 0 Å². The summed E-state index contributed by atoms with van der Waals surface area (Å²) in [7, 11) is 0. The Labute approximate surface area is 95.6 Å². The lowest BCUT2D eigenvalue weighted by Crippen LogP contribution is -2.21. The second kappa shape index (κ2) is 3.75. The Morgan fingerprint density at radius 1 is 1.19 bits per heavy atom. The largest absolute Gasteiger partial charge is 0.255 e. The molecule has 1 heterocycles. The first-order chi connectivity index (χ1) is 7.86. The number of fused-ring (bicyclic) bond motifs is 2. The minimum Gasteiger partial charge on any atom is -0.255 e. The normalized spacial score (nSPS) is 27.3. The molecule has 2 nitrogen and oxygen atoms in total. The van der Waals surface area contributed by atoms with E-state index in [1.807, 2.05) is 12.1 Å². The lowest BCUT2D eigenvalue weighted by molar-refractivity contribution is 0.340. The third-order valence-corrected chi connectivity index (χ3v) is 3.82. The monoisotopic (exact) mass is 210 g/mol. The van der Waals surface area contributed by atoms with Crippen molar-refractivity contribution in [3.05, 3.63) is 35.7 Å². The summed E-state index contributed by atoms with van der Waals surface area (Å²) in [4.78, 5) is 4.40. The molecule has 0 radical (unpaired) electrons. The first-order valence-corrected chi connectivity index (χ1v) is 5.95. The molecule has 2 bridgehead atoms. The van der Waals surface area contributed by atoms with Gasteiger partial charge in [0.2, 0.25) is 0 Å². The van der Waals surface area contributed by atoms with Gasteiger partial charge in [0.15, 0.2) is 0 Å². The lowest BCUT2D eigenvalue weighted by Gasteiger charge is -2.35. The Balaban J connectivity index is 1.95. The zero-order chi connectivity index (χ0) is 11.0. The van der Waals surface area contributed by atoms with Crippen LogP contribution in [0.2, 0.25) is 0 Å². The molecule has 0 aliphatic heterocycles. The third-order valence-electron chi connectivity index (χ3n) is 3.82. The van der Waals surface area contributed by atoms with Crippen molar-refractivity contribution < 1.29 is 0 Å². The number of hydrogen-bond donors (Lipinski definition) is 0. The zero-order valence-corrected chi connectivity index (χ0v) is 9.19. The molecule has 0 saturated heterocycles. The minimum absolute atomic E-state index is 0.644. The summed E-state index contributed by atoms with van der Waals surface area (Å²) in [5.41, 5.74) is 3.14. The molecule has 16 heavy (non-hydrogen) atoms. The van der Waals surface area contributed by atoms with Gasteiger partial charge in [-0.2, -0.15) is 5.26 Å². The molecule has 0 unspecified atom stereocenters. The van der Waals surface area contributed by atoms with Gasteiger partial charge < -0.3 is 0 Å². The van der Waals surface area contributed by atoms with Crippen molar-refractivity contribution in [1.29, 1.82) is 5.26 Å². The van der Waals surface area contributed by atoms with E-state index in [1.165, 1.54) is 31.3 Å². The molecule has 0 atom stereocenters. The Kier molecular flexibility index (Phi) is 2.25. The van der Waals surface area contributed by atoms with E-state index in [-0.39, 0.29) is 0 Å². The van der Waals surface area contributed by atoms with E-state index in [4.69, 9.17) is 5.26 Å². The van der Waals surface area contributed by atoms with Crippen molar-refractivity contribution in [3.63, 3.8) is 0 Å². The van der Waals surface area contributed by atoms with Crippen LogP contribution < -0.4 is 0 Å². The van der Waals surface area contributed by atoms with Crippen LogP contribution in [-0.2, 0) is 0 Å². The smallest absolute Gasteiger partial charge is 0.101 e. The number of rotatable bonds is 1. The fraction of sp³-hybridized carbons (Fsp3) is 0.429. The summed E-state index contributed by atoms with van der Waals surface area (Å²) in [5, 5.41) is 8.74. The maximum absolute atomic E-state index is 8.74. The van der Waals surface area contributed by atoms with Crippen molar-refractivity contribution in [3.8, 4) is 6.07 Å². The van der Waals surface area contributed by atoms with Gasteiger partial charge in [0, 0.05) is 6.20 Å². The van der Waals surface area contributed by atoms with Crippen LogP contribution in [0.1, 0.15) is 36.9 Å². The van der Waals surface area contributed by atoms with Crippen molar-refractivity contribution >= 4 is 5.57 Å². The van der Waals surface area contributed by atoms with Gasteiger partial charge in [-0.25, -0.2) is 0 Å². The highest BCUT2D eigenvalue weighted by Gasteiger charge is 2.29. The van der Waals surface area contributed by atoms with E-state index in [0.29, 0.717) is 11.5 Å². The van der Waals surface area contributed by atoms with E-state index in [2.05, 4.69) is 17.1 Å². The molecule has 3 aliphatic carbocycles. The maximum Gasteiger partial charge on any atom is 0.101 e. The molecule has 3 aliphatic rings. The van der Waals surface area contributed by atoms with Crippen molar-refractivity contribution in [2.24, 2.45) is 11.8 Å². The van der Waals surface area contributed by atoms with Gasteiger partial charge in [-0.1, -0.05) is 6.08 Å². The van der Waals surface area contributed by atoms with Crippen molar-refractivity contribution in [2.45, 2.75) is 25.7 Å². The number of pyridine rings is 1. The predicted molar refractivity (Wildman–Crippen MR) is 62.4 cm³/mol. The van der Waals surface area contributed by atoms with Gasteiger partial charge in [-0.3, -0.25) is 4.98 Å². The molecule has 80 valence electrons. The average molecular weight is 210 g/mol. The maximum atomic E-state index is 8.74. The van der Waals surface area contributed by atoms with Crippen LogP contribution in [-0.4, -0.2) is 4.98 Å². The first-order valence-electron chi connectivity index (χ1n) is 5.95. The fourth-order valence-corrected chi connectivity index (χ4v) is 2.91. The molecule has 2 heteroatoms. The van der Waals surface area contributed by atoms with Gasteiger partial charge in [-0.15, -0.1) is 0 Å². The Morgan fingerprint density at radius 3 is 2.50 bits per heavy atom. The average Bonchev–Trinajstić information content (AvgIpc) is 2.40. The number of allylic oxidation sites excluding steroid dienone is 2. The topological polar surface area (TPSA) is 36.7 Å². The molecule has 0 spiro atoms. The SMILES string of the molecule is N#Cc1ccc(C2=CC3CCC2CC3)nc1. The number of aromatic nitrogens is 1. The zero-order valence-electron chi connectivity index (χ0n) is 9.19. The molecule has 0 amide bonds. The molecule has 0 aromatic carbocycles. The highest BCUT2D eigenvalue weighted by atomic mass is 14.7. The minimum atomic E-state index is 0.644. The highest BCUT2D eigenvalue weighted by Crippen LogP contribution is 2.44. The summed E-state index contributed by atoms with van der Waals surface area (Å²) in [6.45, 7) is 0. The van der Waals surface area contributed by atoms with E-state index in [1.54, 1.807) is 6.20 Å². The van der Waals surface area contributed by atoms with Gasteiger partial charge in [0.1, 0.15) is 6.07 Å². The van der Waals surface area contributed by atoms with Crippen LogP contribution >= 0.6 is 0 Å². The van der Waals surface area contributed by atoms with Crippen molar-refractivity contribution in [1.82, 2.24) is 4.98 Å². The van der Waals surface area contributed by atoms with Gasteiger partial charge in [-0.05, 0) is 55.2 Å². The number of nitriles is 1. The van der Waals surface area contributed by atoms with E-state index < -0.39 is 0 Å². The molecular formula is C14H14N2. The summed E-state index contributed by atoms with van der Waals surface area (Å²) < 4.78 is 0. The van der Waals surface area contributed by atoms with E-state index in [0.717, 1.165) is 11.6 Å². The first kappa shape index (κ1) is 9.59. The Hall–Kier alpha value is -1.62. The van der Waals surface area contributed by atoms with E-state index in [9.17, 15) is 0 Å². The van der Waals surface area contributed by atoms with Crippen LogP contribution in [0, 0.1) is 23.2 Å². The van der Waals surface area contributed by atoms with Crippen LogP contribution in [0.25, 0.3) is 5.57 Å². The van der Waals surface area contributed by atoms with Crippen molar-refractivity contribution in [2.75, 3.05) is 0 Å². The van der Waals surface area contributed by atoms with Crippen LogP contribution in [0.5, 0.6) is 0 Å². The molecule has 1 saturated carbocycles. The summed E-state index contributed by atoms with van der Waals surface area (Å²) in [6.07, 6.45) is 9.43. The molecule has 0 N–H and O–H groups in total. The molecule has 1 aromatic rings. The number of nitrogens with zero attached hydrogens (tertiary/aromatic N) is 2. The summed E-state index contributed by atoms with van der Waals surface area (Å²) in [5.74, 6) is 1.49. The summed E-state index contributed by atoms with van der Waals surface area (Å²) >= 11 is 0. The predicted octanol–water partition coefficient (Wildman–Crippen LogP) is 3.16. The molecule has 4 rings (SSSR count). The second-order valence-electron chi connectivity index (χ2n) is 4.78. The molecule has 1 fully saturated rings. The van der Waals surface area contributed by atoms with Crippen LogP contribution in [0.15, 0.2) is 24.4 Å². The fourth-order valence-electron chi connectivity index (χ4n) is 2.91. The summed E-state index contributed by atoms with van der Waals surface area (Å²) in [6, 6.07) is 5.97. The Morgan fingerprint density at radius 2 is 2.00 bits per heavy atom. The lowest BCUT2D eigenvalue weighted by atomic mass is 9.70. The molecular weight excluding hydrogens is 196 g/mol. The van der Waals surface area contributed by atoms with Gasteiger partial charge in [0.05, 0.1) is 11.3 Å². The van der Waals surface area contributed by atoms with Gasteiger partial charge in [0.25, 0.3) is 0 Å². The molecule has 1 aromatic heterocycles. The standard InChI is InChI=1S/C14H14N2/c15-8-11-3-6-14(16-9-11)13-7-10-1-4-12(13)5-2-10/h3,6-7,9-10,12H,1-2,4-5H2. The van der Waals surface area contributed by atoms with Gasteiger partial charge >= 0.3 is 0 Å². The van der Waals surface area contributed by atoms with Crippen LogP contribution in [0.3, 0.4) is 0 Å². The quantitative estimate of drug-likeness (QED) is 0.714. The van der Waals surface area contributed by atoms with Crippen LogP contribution in [0.4, 0.5) is 0 Å². The number of hydrogen-bond acceptors (Lipinski definition) is 2. The second-order valence-corrected chi connectivity index (χ2v) is 4.78. The third kappa shape index (κ3) is 1.53. The highest BCUT2D eigenvalue weighted by molar-refractivity contribution is 5.66.